The monoisotopic (exact) mass is 228 g/mol. The van der Waals surface area contributed by atoms with Gasteiger partial charge < -0.3 is 4.74 Å². The number of carbonyl (C=O) groups is 1. The van der Waals surface area contributed by atoms with Gasteiger partial charge in [0.15, 0.2) is 0 Å². The molecule has 2 aliphatic rings. The molecule has 2 rings (SSSR count). The van der Waals surface area contributed by atoms with E-state index in [1.54, 1.807) is 0 Å². The van der Waals surface area contributed by atoms with Gasteiger partial charge in [0, 0.05) is 13.0 Å². The molecule has 0 aromatic heterocycles. The molecule has 2 fully saturated rings. The summed E-state index contributed by atoms with van der Waals surface area (Å²) in [5.74, 6) is 1.64. The molecule has 2 atom stereocenters. The average molecular weight is 228 g/mol. The Balaban J connectivity index is 1.66. The number of ketones is 1. The van der Waals surface area contributed by atoms with Crippen LogP contribution in [0.5, 0.6) is 0 Å². The summed E-state index contributed by atoms with van der Waals surface area (Å²) in [6, 6.07) is 0. The molecule has 2 nitrogen and oxygen atoms in total. The summed E-state index contributed by atoms with van der Waals surface area (Å²) >= 11 is 1.86. The van der Waals surface area contributed by atoms with Gasteiger partial charge in [0.2, 0.25) is 0 Å². The molecule has 15 heavy (non-hydrogen) atoms. The van der Waals surface area contributed by atoms with Crippen LogP contribution in [0.4, 0.5) is 0 Å². The predicted octanol–water partition coefficient (Wildman–Crippen LogP) is 2.80. The molecule has 0 aromatic carbocycles. The SMILES string of the molecule is O=C(CCC1CCCO1)C1CCCCS1. The van der Waals surface area contributed by atoms with E-state index in [2.05, 4.69) is 0 Å². The van der Waals surface area contributed by atoms with Crippen molar-refractivity contribution < 1.29 is 9.53 Å². The van der Waals surface area contributed by atoms with Crippen molar-refractivity contribution in [3.05, 3.63) is 0 Å². The molecular weight excluding hydrogens is 208 g/mol. The first-order chi connectivity index (χ1) is 7.36. The van der Waals surface area contributed by atoms with E-state index in [9.17, 15) is 4.79 Å². The van der Waals surface area contributed by atoms with E-state index >= 15 is 0 Å². The van der Waals surface area contributed by atoms with E-state index < -0.39 is 0 Å². The number of ether oxygens (including phenoxy) is 1. The zero-order chi connectivity index (χ0) is 10.5. The molecule has 0 bridgehead atoms. The molecule has 2 aliphatic heterocycles. The zero-order valence-corrected chi connectivity index (χ0v) is 10.1. The number of hydrogen-bond donors (Lipinski definition) is 0. The van der Waals surface area contributed by atoms with Gasteiger partial charge in [-0.3, -0.25) is 4.79 Å². The molecule has 0 N–H and O–H groups in total. The van der Waals surface area contributed by atoms with Gasteiger partial charge in [-0.2, -0.15) is 11.8 Å². The topological polar surface area (TPSA) is 26.3 Å². The minimum Gasteiger partial charge on any atom is -0.378 e. The van der Waals surface area contributed by atoms with Crippen molar-refractivity contribution in [2.24, 2.45) is 0 Å². The van der Waals surface area contributed by atoms with Gasteiger partial charge in [-0.05, 0) is 37.9 Å². The third kappa shape index (κ3) is 3.49. The standard InChI is InChI=1S/C12H20O2S/c13-11(12-5-1-2-9-15-12)7-6-10-4-3-8-14-10/h10,12H,1-9H2. The Hall–Kier alpha value is -0.0200. The lowest BCUT2D eigenvalue weighted by Gasteiger charge is -2.20. The fourth-order valence-electron chi connectivity index (χ4n) is 2.33. The lowest BCUT2D eigenvalue weighted by atomic mass is 10.0. The molecular formula is C12H20O2S. The number of hydrogen-bond acceptors (Lipinski definition) is 3. The quantitative estimate of drug-likeness (QED) is 0.740. The summed E-state index contributed by atoms with van der Waals surface area (Å²) < 4.78 is 5.53. The van der Waals surface area contributed by atoms with Gasteiger partial charge in [0.05, 0.1) is 11.4 Å². The van der Waals surface area contributed by atoms with Gasteiger partial charge in [0.25, 0.3) is 0 Å². The lowest BCUT2D eigenvalue weighted by Crippen LogP contribution is -2.22. The number of rotatable bonds is 4. The molecule has 2 heterocycles. The van der Waals surface area contributed by atoms with Crippen LogP contribution in [0.1, 0.15) is 44.9 Å². The van der Waals surface area contributed by atoms with Crippen LogP contribution in [0, 0.1) is 0 Å². The highest BCUT2D eigenvalue weighted by molar-refractivity contribution is 8.00. The number of carbonyl (C=O) groups excluding carboxylic acids is 1. The second-order valence-electron chi connectivity index (χ2n) is 4.50. The summed E-state index contributed by atoms with van der Waals surface area (Å²) in [5, 5.41) is 0.306. The summed E-state index contributed by atoms with van der Waals surface area (Å²) in [5.41, 5.74) is 0. The summed E-state index contributed by atoms with van der Waals surface area (Å²) in [6.07, 6.45) is 8.04. The molecule has 0 spiro atoms. The van der Waals surface area contributed by atoms with Crippen LogP contribution in [-0.2, 0) is 9.53 Å². The third-order valence-corrected chi connectivity index (χ3v) is 4.70. The Bertz CT molecular complexity index is 206. The molecule has 0 aliphatic carbocycles. The second-order valence-corrected chi connectivity index (χ2v) is 5.81. The maximum absolute atomic E-state index is 11.9. The highest BCUT2D eigenvalue weighted by atomic mass is 32.2. The average Bonchev–Trinajstić information content (AvgIpc) is 2.80. The van der Waals surface area contributed by atoms with Crippen molar-refractivity contribution in [2.45, 2.75) is 56.3 Å². The summed E-state index contributed by atoms with van der Waals surface area (Å²) in [7, 11) is 0. The fourth-order valence-corrected chi connectivity index (χ4v) is 3.62. The summed E-state index contributed by atoms with van der Waals surface area (Å²) in [6.45, 7) is 0.900. The Morgan fingerprint density at radius 3 is 2.87 bits per heavy atom. The van der Waals surface area contributed by atoms with E-state index in [1.165, 1.54) is 25.0 Å². The van der Waals surface area contributed by atoms with Crippen LogP contribution >= 0.6 is 11.8 Å². The molecule has 2 unspecified atom stereocenters. The van der Waals surface area contributed by atoms with Crippen LogP contribution in [0.3, 0.4) is 0 Å². The van der Waals surface area contributed by atoms with Gasteiger partial charge in [0.1, 0.15) is 5.78 Å². The van der Waals surface area contributed by atoms with Crippen molar-refractivity contribution in [2.75, 3.05) is 12.4 Å². The van der Waals surface area contributed by atoms with Crippen LogP contribution in [-0.4, -0.2) is 29.5 Å². The van der Waals surface area contributed by atoms with E-state index in [-0.39, 0.29) is 0 Å². The number of thioether (sulfide) groups is 1. The largest absolute Gasteiger partial charge is 0.378 e. The first kappa shape index (κ1) is 11.5. The van der Waals surface area contributed by atoms with Crippen molar-refractivity contribution >= 4 is 17.5 Å². The van der Waals surface area contributed by atoms with Crippen molar-refractivity contribution in [3.8, 4) is 0 Å². The van der Waals surface area contributed by atoms with Crippen LogP contribution in [0.2, 0.25) is 0 Å². The molecule has 0 aromatic rings. The van der Waals surface area contributed by atoms with Crippen molar-refractivity contribution in [1.29, 1.82) is 0 Å². The van der Waals surface area contributed by atoms with Gasteiger partial charge >= 0.3 is 0 Å². The first-order valence-corrected chi connectivity index (χ1v) is 7.17. The van der Waals surface area contributed by atoms with E-state index in [0.717, 1.165) is 32.3 Å². The van der Waals surface area contributed by atoms with Crippen molar-refractivity contribution in [1.82, 2.24) is 0 Å². The Labute approximate surface area is 96.1 Å². The highest BCUT2D eigenvalue weighted by Crippen LogP contribution is 2.27. The molecule has 3 heteroatoms. The summed E-state index contributed by atoms with van der Waals surface area (Å²) in [4.78, 5) is 11.9. The third-order valence-electron chi connectivity index (χ3n) is 3.28. The predicted molar refractivity (Wildman–Crippen MR) is 63.3 cm³/mol. The first-order valence-electron chi connectivity index (χ1n) is 6.12. The van der Waals surface area contributed by atoms with Gasteiger partial charge in [-0.15, -0.1) is 0 Å². The fraction of sp³-hybridized carbons (Fsp3) is 0.917. The van der Waals surface area contributed by atoms with E-state index in [0.29, 0.717) is 17.1 Å². The van der Waals surface area contributed by atoms with Crippen LogP contribution in [0.15, 0.2) is 0 Å². The Kier molecular flexibility index (Phi) is 4.51. The molecule has 0 saturated carbocycles. The zero-order valence-electron chi connectivity index (χ0n) is 9.24. The minimum absolute atomic E-state index is 0.306. The van der Waals surface area contributed by atoms with E-state index in [1.807, 2.05) is 11.8 Å². The maximum Gasteiger partial charge on any atom is 0.145 e. The highest BCUT2D eigenvalue weighted by Gasteiger charge is 2.23. The Morgan fingerprint density at radius 1 is 1.27 bits per heavy atom. The molecule has 2 saturated heterocycles. The second kappa shape index (κ2) is 5.90. The number of Topliss-reactive ketones (excluding diaryl/α,β-unsaturated/α-hetero) is 1. The maximum atomic E-state index is 11.9. The van der Waals surface area contributed by atoms with E-state index in [4.69, 9.17) is 4.74 Å². The molecule has 0 amide bonds. The van der Waals surface area contributed by atoms with Crippen LogP contribution in [0.25, 0.3) is 0 Å². The minimum atomic E-state index is 0.306. The molecule has 0 radical (unpaired) electrons. The molecule has 86 valence electrons. The van der Waals surface area contributed by atoms with Crippen LogP contribution < -0.4 is 0 Å². The van der Waals surface area contributed by atoms with Crippen molar-refractivity contribution in [3.63, 3.8) is 0 Å². The van der Waals surface area contributed by atoms with Gasteiger partial charge in [-0.25, -0.2) is 0 Å². The lowest BCUT2D eigenvalue weighted by molar-refractivity contribution is -0.119. The van der Waals surface area contributed by atoms with Gasteiger partial charge in [-0.1, -0.05) is 6.42 Å². The normalized spacial score (nSPS) is 31.7. The smallest absolute Gasteiger partial charge is 0.145 e. The Morgan fingerprint density at radius 2 is 2.20 bits per heavy atom.